The van der Waals surface area contributed by atoms with Crippen LogP contribution in [-0.4, -0.2) is 41.5 Å². The van der Waals surface area contributed by atoms with Gasteiger partial charge in [0.2, 0.25) is 0 Å². The summed E-state index contributed by atoms with van der Waals surface area (Å²) in [5.41, 5.74) is 6.15. The molecule has 1 atom stereocenters. The van der Waals surface area contributed by atoms with E-state index in [2.05, 4.69) is 22.1 Å². The highest BCUT2D eigenvalue weighted by Gasteiger charge is 2.20. The fourth-order valence-corrected chi connectivity index (χ4v) is 2.32. The summed E-state index contributed by atoms with van der Waals surface area (Å²) in [6, 6.07) is 3.53. The van der Waals surface area contributed by atoms with Crippen LogP contribution < -0.4 is 11.1 Å². The van der Waals surface area contributed by atoms with Gasteiger partial charge in [0.15, 0.2) is 0 Å². The molecule has 1 aliphatic rings. The van der Waals surface area contributed by atoms with Crippen molar-refractivity contribution in [1.82, 2.24) is 15.2 Å². The molecule has 0 spiro atoms. The van der Waals surface area contributed by atoms with Gasteiger partial charge in [0.25, 0.3) is 5.91 Å². The normalized spacial score (nSPS) is 20.6. The van der Waals surface area contributed by atoms with E-state index in [4.69, 9.17) is 5.73 Å². The summed E-state index contributed by atoms with van der Waals surface area (Å²) >= 11 is 0. The van der Waals surface area contributed by atoms with E-state index in [1.807, 2.05) is 0 Å². The van der Waals surface area contributed by atoms with E-state index >= 15 is 0 Å². The number of hydrogen-bond donors (Lipinski definition) is 2. The van der Waals surface area contributed by atoms with Crippen molar-refractivity contribution >= 4 is 11.7 Å². The Labute approximate surface area is 107 Å². The van der Waals surface area contributed by atoms with Crippen molar-refractivity contribution in [2.75, 3.05) is 25.4 Å². The number of rotatable bonds is 3. The van der Waals surface area contributed by atoms with E-state index in [0.29, 0.717) is 11.4 Å². The number of nitrogens with one attached hydrogen (secondary N) is 1. The van der Waals surface area contributed by atoms with E-state index in [1.54, 1.807) is 18.3 Å². The Bertz CT molecular complexity index is 421. The second kappa shape index (κ2) is 5.82. The van der Waals surface area contributed by atoms with Gasteiger partial charge in [-0.2, -0.15) is 0 Å². The van der Waals surface area contributed by atoms with Gasteiger partial charge >= 0.3 is 0 Å². The maximum Gasteiger partial charge on any atom is 0.251 e. The number of carbonyl (C=O) groups is 1. The minimum Gasteiger partial charge on any atom is -0.384 e. The van der Waals surface area contributed by atoms with Crippen LogP contribution >= 0.6 is 0 Å². The number of carbonyl (C=O) groups excluding carboxylic acids is 1. The van der Waals surface area contributed by atoms with Crippen LogP contribution in [0.5, 0.6) is 0 Å². The molecule has 0 bridgehead atoms. The number of aromatic nitrogens is 1. The quantitative estimate of drug-likeness (QED) is 0.833. The number of anilines is 1. The van der Waals surface area contributed by atoms with Gasteiger partial charge < -0.3 is 16.0 Å². The lowest BCUT2D eigenvalue weighted by Crippen LogP contribution is -2.47. The lowest BCUT2D eigenvalue weighted by Gasteiger charge is -2.32. The minimum absolute atomic E-state index is 0.0629. The number of nitrogen functional groups attached to an aromatic ring is 1. The Hall–Kier alpha value is -1.62. The van der Waals surface area contributed by atoms with Gasteiger partial charge in [-0.25, -0.2) is 4.98 Å². The standard InChI is InChI=1S/C13H20N4O/c1-2-17-7-3-4-11(9-17)16-13(18)10-5-6-15-12(14)8-10/h5-6,8,11H,2-4,7,9H2,1H3,(H2,14,15)(H,16,18). The van der Waals surface area contributed by atoms with E-state index in [0.717, 1.165) is 32.5 Å². The zero-order valence-corrected chi connectivity index (χ0v) is 10.7. The Kier molecular flexibility index (Phi) is 4.15. The van der Waals surface area contributed by atoms with Gasteiger partial charge in [0, 0.05) is 24.3 Å². The summed E-state index contributed by atoms with van der Waals surface area (Å²) in [6.07, 6.45) is 3.74. The average molecular weight is 248 g/mol. The number of amides is 1. The van der Waals surface area contributed by atoms with E-state index in [1.165, 1.54) is 0 Å². The molecule has 5 nitrogen and oxygen atoms in total. The van der Waals surface area contributed by atoms with E-state index in [-0.39, 0.29) is 11.9 Å². The van der Waals surface area contributed by atoms with E-state index in [9.17, 15) is 4.79 Å². The number of pyridine rings is 1. The van der Waals surface area contributed by atoms with Gasteiger partial charge in [-0.1, -0.05) is 6.92 Å². The predicted molar refractivity (Wildman–Crippen MR) is 71.3 cm³/mol. The molecule has 18 heavy (non-hydrogen) atoms. The highest BCUT2D eigenvalue weighted by atomic mass is 16.1. The van der Waals surface area contributed by atoms with Crippen LogP contribution in [0.1, 0.15) is 30.1 Å². The Morgan fingerprint density at radius 3 is 3.22 bits per heavy atom. The SMILES string of the molecule is CCN1CCCC(NC(=O)c2ccnc(N)c2)C1. The molecular formula is C13H20N4O. The average Bonchev–Trinajstić information content (AvgIpc) is 2.39. The summed E-state index contributed by atoms with van der Waals surface area (Å²) in [5.74, 6) is 0.313. The van der Waals surface area contributed by atoms with Crippen molar-refractivity contribution in [2.24, 2.45) is 0 Å². The number of nitrogens with zero attached hydrogens (tertiary/aromatic N) is 2. The van der Waals surface area contributed by atoms with Crippen molar-refractivity contribution in [2.45, 2.75) is 25.8 Å². The maximum atomic E-state index is 12.0. The van der Waals surface area contributed by atoms with Gasteiger partial charge in [0.1, 0.15) is 5.82 Å². The summed E-state index contributed by atoms with van der Waals surface area (Å²) < 4.78 is 0. The zero-order chi connectivity index (χ0) is 13.0. The third-order valence-electron chi connectivity index (χ3n) is 3.33. The third-order valence-corrected chi connectivity index (χ3v) is 3.33. The molecule has 1 fully saturated rings. The Morgan fingerprint density at radius 2 is 2.50 bits per heavy atom. The number of nitrogens with two attached hydrogens (primary N) is 1. The molecule has 3 N–H and O–H groups in total. The van der Waals surface area contributed by atoms with Gasteiger partial charge in [-0.05, 0) is 38.1 Å². The van der Waals surface area contributed by atoms with Crippen LogP contribution in [0.3, 0.4) is 0 Å². The summed E-state index contributed by atoms with van der Waals surface area (Å²) in [7, 11) is 0. The first kappa shape index (κ1) is 12.8. The number of hydrogen-bond acceptors (Lipinski definition) is 4. The Balaban J connectivity index is 1.95. The van der Waals surface area contributed by atoms with Crippen molar-refractivity contribution in [3.8, 4) is 0 Å². The first-order valence-electron chi connectivity index (χ1n) is 6.43. The molecule has 0 aromatic carbocycles. The van der Waals surface area contributed by atoms with Gasteiger partial charge in [-0.15, -0.1) is 0 Å². The monoisotopic (exact) mass is 248 g/mol. The highest BCUT2D eigenvalue weighted by Crippen LogP contribution is 2.11. The topological polar surface area (TPSA) is 71.2 Å². The summed E-state index contributed by atoms with van der Waals surface area (Å²) in [4.78, 5) is 18.3. The number of piperidine rings is 1. The number of likely N-dealkylation sites (N-methyl/N-ethyl adjacent to an activating group) is 1. The summed E-state index contributed by atoms with van der Waals surface area (Å²) in [5, 5.41) is 3.06. The van der Waals surface area contributed by atoms with Crippen LogP contribution in [0.15, 0.2) is 18.3 Å². The van der Waals surface area contributed by atoms with Crippen molar-refractivity contribution in [3.05, 3.63) is 23.9 Å². The maximum absolute atomic E-state index is 12.0. The van der Waals surface area contributed by atoms with Crippen molar-refractivity contribution in [1.29, 1.82) is 0 Å². The molecule has 1 saturated heterocycles. The second-order valence-electron chi connectivity index (χ2n) is 4.68. The first-order valence-corrected chi connectivity index (χ1v) is 6.43. The van der Waals surface area contributed by atoms with Crippen LogP contribution in [0.25, 0.3) is 0 Å². The molecule has 0 radical (unpaired) electrons. The van der Waals surface area contributed by atoms with Crippen molar-refractivity contribution in [3.63, 3.8) is 0 Å². The Morgan fingerprint density at radius 1 is 1.67 bits per heavy atom. The molecule has 5 heteroatoms. The van der Waals surface area contributed by atoms with E-state index < -0.39 is 0 Å². The molecular weight excluding hydrogens is 228 g/mol. The number of likely N-dealkylation sites (tertiary alicyclic amines) is 1. The van der Waals surface area contributed by atoms with Crippen LogP contribution in [0, 0.1) is 0 Å². The molecule has 1 unspecified atom stereocenters. The fourth-order valence-electron chi connectivity index (χ4n) is 2.32. The molecule has 2 rings (SSSR count). The van der Waals surface area contributed by atoms with Gasteiger partial charge in [0.05, 0.1) is 0 Å². The molecule has 98 valence electrons. The van der Waals surface area contributed by atoms with Crippen LogP contribution in [-0.2, 0) is 0 Å². The second-order valence-corrected chi connectivity index (χ2v) is 4.68. The highest BCUT2D eigenvalue weighted by molar-refractivity contribution is 5.94. The lowest BCUT2D eigenvalue weighted by molar-refractivity contribution is 0.0906. The third kappa shape index (κ3) is 3.20. The minimum atomic E-state index is -0.0629. The molecule has 1 amide bonds. The molecule has 1 aliphatic heterocycles. The lowest BCUT2D eigenvalue weighted by atomic mass is 10.1. The first-order chi connectivity index (χ1) is 8.69. The summed E-state index contributed by atoms with van der Waals surface area (Å²) in [6.45, 7) is 5.25. The largest absolute Gasteiger partial charge is 0.384 e. The molecule has 2 heterocycles. The molecule has 1 aromatic rings. The molecule has 0 saturated carbocycles. The van der Waals surface area contributed by atoms with Crippen LogP contribution in [0.4, 0.5) is 5.82 Å². The van der Waals surface area contributed by atoms with Crippen LogP contribution in [0.2, 0.25) is 0 Å². The van der Waals surface area contributed by atoms with Crippen molar-refractivity contribution < 1.29 is 4.79 Å². The smallest absolute Gasteiger partial charge is 0.251 e. The predicted octanol–water partition coefficient (Wildman–Crippen LogP) is 0.878. The zero-order valence-electron chi connectivity index (χ0n) is 10.7. The fraction of sp³-hybridized carbons (Fsp3) is 0.538. The van der Waals surface area contributed by atoms with Gasteiger partial charge in [-0.3, -0.25) is 4.79 Å². The molecule has 1 aromatic heterocycles. The molecule has 0 aliphatic carbocycles.